The van der Waals surface area contributed by atoms with E-state index in [4.69, 9.17) is 5.11 Å². The number of hydrogen-bond acceptors (Lipinski definition) is 7. The Morgan fingerprint density at radius 2 is 1.19 bits per heavy atom. The van der Waals surface area contributed by atoms with E-state index in [1.807, 2.05) is 0 Å². The minimum Gasteiger partial charge on any atom is -0.550 e. The monoisotopic (exact) mass is 264 g/mol. The number of carbonyl (C=O) groups excluding carboxylic acids is 3. The third kappa shape index (κ3) is 9.65. The van der Waals surface area contributed by atoms with Crippen molar-refractivity contribution < 1.29 is 34.8 Å². The molecule has 0 aliphatic heterocycles. The molecule has 0 aromatic heterocycles. The minimum atomic E-state index is -2.97. The van der Waals surface area contributed by atoms with Crippen LogP contribution in [0.5, 0.6) is 0 Å². The van der Waals surface area contributed by atoms with Gasteiger partial charge in [0.05, 0.1) is 5.97 Å². The first-order valence-corrected chi connectivity index (χ1v) is 3.11. The number of rotatable bonds is 5. The molecule has 0 unspecified atom stereocenters. The summed E-state index contributed by atoms with van der Waals surface area (Å²) in [6, 6.07) is 0. The van der Waals surface area contributed by atoms with Crippen molar-refractivity contribution in [2.45, 2.75) is 18.4 Å². The molecule has 10 heteroatoms. The number of hydrogen-bond donors (Lipinski definition) is 1. The van der Waals surface area contributed by atoms with Crippen LogP contribution < -0.4 is 15.3 Å². The molecule has 74 valence electrons. The Morgan fingerprint density at radius 1 is 0.938 bits per heavy atom. The van der Waals surface area contributed by atoms with Gasteiger partial charge in [-0.1, -0.05) is 0 Å². The molecule has 7 nitrogen and oxygen atoms in total. The quantitative estimate of drug-likeness (QED) is 0.487. The molecular formula is C6H5AlMg2O7+4. The Kier molecular flexibility index (Phi) is 16.7. The van der Waals surface area contributed by atoms with E-state index in [1.54, 1.807) is 0 Å². The maximum atomic E-state index is 10.1. The number of aliphatic hydroxyl groups is 1. The molecular weight excluding hydrogens is 260 g/mol. The first-order chi connectivity index (χ1) is 5.78. The van der Waals surface area contributed by atoms with E-state index < -0.39 is 36.4 Å². The summed E-state index contributed by atoms with van der Waals surface area (Å²) in [5.74, 6) is -5.98. The van der Waals surface area contributed by atoms with Crippen molar-refractivity contribution in [2.75, 3.05) is 0 Å². The van der Waals surface area contributed by atoms with Crippen LogP contribution in [0.15, 0.2) is 0 Å². The average Bonchev–Trinajstić information content (AvgIpc) is 1.82. The van der Waals surface area contributed by atoms with Crippen molar-refractivity contribution in [3.63, 3.8) is 0 Å². The van der Waals surface area contributed by atoms with Crippen LogP contribution in [0.4, 0.5) is 0 Å². The summed E-state index contributed by atoms with van der Waals surface area (Å²) in [4.78, 5) is 30.0. The molecule has 1 N–H and O–H groups in total. The van der Waals surface area contributed by atoms with E-state index >= 15 is 0 Å². The molecule has 0 bridgehead atoms. The molecule has 16 heavy (non-hydrogen) atoms. The molecule has 0 aromatic carbocycles. The smallest absolute Gasteiger partial charge is 0.550 e. The third-order valence-electron chi connectivity index (χ3n) is 1.25. The average molecular weight is 265 g/mol. The third-order valence-corrected chi connectivity index (χ3v) is 1.25. The Bertz CT molecular complexity index is 241. The Morgan fingerprint density at radius 3 is 1.31 bits per heavy atom. The second kappa shape index (κ2) is 10.6. The van der Waals surface area contributed by atoms with Crippen LogP contribution in [0.25, 0.3) is 0 Å². The summed E-state index contributed by atoms with van der Waals surface area (Å²) in [6.45, 7) is 0. The molecule has 0 saturated heterocycles. The zero-order chi connectivity index (χ0) is 10.6. The normalized spacial score (nSPS) is 8.81. The largest absolute Gasteiger partial charge is 3.00 e. The van der Waals surface area contributed by atoms with E-state index in [1.165, 1.54) is 0 Å². The van der Waals surface area contributed by atoms with Gasteiger partial charge in [-0.2, -0.15) is 0 Å². The zero-order valence-electron chi connectivity index (χ0n) is 8.30. The topological polar surface area (TPSA) is 141 Å². The molecule has 0 aliphatic carbocycles. The van der Waals surface area contributed by atoms with Gasteiger partial charge in [-0.25, -0.2) is 0 Å². The zero-order valence-corrected chi connectivity index (χ0v) is 12.3. The van der Waals surface area contributed by atoms with Gasteiger partial charge < -0.3 is 34.8 Å². The Labute approximate surface area is 134 Å². The van der Waals surface area contributed by atoms with Crippen LogP contribution in [0.2, 0.25) is 0 Å². The summed E-state index contributed by atoms with van der Waals surface area (Å²) in [7, 11) is 0. The molecule has 0 amide bonds. The molecule has 0 radical (unpaired) electrons. The fourth-order valence-electron chi connectivity index (χ4n) is 0.684. The SMILES string of the molecule is O=C([O-])CC(O)(CC(=O)[O-])C(=O)[O-].[Al+3].[Mg+2].[Mg+2]. The van der Waals surface area contributed by atoms with Gasteiger partial charge in [-0.3, -0.25) is 0 Å². The number of carbonyl (C=O) groups is 3. The van der Waals surface area contributed by atoms with Gasteiger partial charge in [-0.15, -0.1) is 0 Å². The maximum absolute atomic E-state index is 10.1. The van der Waals surface area contributed by atoms with E-state index in [0.717, 1.165) is 0 Å². The molecule has 0 rings (SSSR count). The van der Waals surface area contributed by atoms with Gasteiger partial charge in [0.1, 0.15) is 5.60 Å². The first-order valence-electron chi connectivity index (χ1n) is 3.11. The summed E-state index contributed by atoms with van der Waals surface area (Å²) < 4.78 is 0. The molecule has 0 spiro atoms. The van der Waals surface area contributed by atoms with Gasteiger partial charge >= 0.3 is 63.5 Å². The van der Waals surface area contributed by atoms with Gasteiger partial charge in [-0.05, 0) is 0 Å². The van der Waals surface area contributed by atoms with Crippen molar-refractivity contribution in [2.24, 2.45) is 0 Å². The number of aliphatic carboxylic acids is 3. The van der Waals surface area contributed by atoms with Crippen molar-refractivity contribution >= 4 is 81.4 Å². The van der Waals surface area contributed by atoms with Crippen molar-refractivity contribution in [1.29, 1.82) is 0 Å². The molecule has 0 aromatic rings. The van der Waals surface area contributed by atoms with Crippen molar-refractivity contribution in [3.8, 4) is 0 Å². The van der Waals surface area contributed by atoms with Crippen LogP contribution in [0.1, 0.15) is 12.8 Å². The van der Waals surface area contributed by atoms with Crippen LogP contribution in [0.3, 0.4) is 0 Å². The fourth-order valence-corrected chi connectivity index (χ4v) is 0.684. The van der Waals surface area contributed by atoms with Crippen LogP contribution in [-0.2, 0) is 14.4 Å². The van der Waals surface area contributed by atoms with Crippen LogP contribution in [0, 0.1) is 0 Å². The molecule has 0 saturated carbocycles. The maximum Gasteiger partial charge on any atom is 3.00 e. The van der Waals surface area contributed by atoms with E-state index in [0.29, 0.717) is 0 Å². The van der Waals surface area contributed by atoms with Crippen molar-refractivity contribution in [1.82, 2.24) is 0 Å². The minimum absolute atomic E-state index is 0. The summed E-state index contributed by atoms with van der Waals surface area (Å²) in [5, 5.41) is 38.9. The fraction of sp³-hybridized carbons (Fsp3) is 0.500. The molecule has 0 atom stereocenters. The van der Waals surface area contributed by atoms with Gasteiger partial charge in [0.2, 0.25) is 0 Å². The van der Waals surface area contributed by atoms with E-state index in [-0.39, 0.29) is 63.5 Å². The predicted molar refractivity (Wildman–Crippen MR) is 46.5 cm³/mol. The molecule has 0 aliphatic rings. The van der Waals surface area contributed by atoms with Crippen LogP contribution in [-0.4, -0.2) is 92.1 Å². The summed E-state index contributed by atoms with van der Waals surface area (Å²) >= 11 is 0. The number of carboxylic acids is 3. The standard InChI is InChI=1S/C6H8O7.Al.2Mg/c7-3(8)1-6(13,5(11)12)2-4(9)10;;;/h13H,1-2H2,(H,7,8)(H,9,10)(H,11,12);;;/q;+3;2*+2/p-3. The first kappa shape index (κ1) is 25.3. The van der Waals surface area contributed by atoms with Gasteiger partial charge in [0, 0.05) is 24.8 Å². The summed E-state index contributed by atoms with van der Waals surface area (Å²) in [5.41, 5.74) is -2.97. The van der Waals surface area contributed by atoms with Crippen molar-refractivity contribution in [3.05, 3.63) is 0 Å². The van der Waals surface area contributed by atoms with Gasteiger partial charge in [0.25, 0.3) is 0 Å². The Balaban J connectivity index is -0.000000240. The predicted octanol–water partition coefficient (Wildman–Crippen LogP) is -6.39. The molecule has 0 heterocycles. The number of carboxylic acid groups (broad SMARTS) is 3. The van der Waals surface area contributed by atoms with Gasteiger partial charge in [0.15, 0.2) is 0 Å². The Hall–Kier alpha value is 0.435. The van der Waals surface area contributed by atoms with Crippen LogP contribution >= 0.6 is 0 Å². The van der Waals surface area contributed by atoms with E-state index in [9.17, 15) is 29.7 Å². The second-order valence-corrected chi connectivity index (χ2v) is 2.42. The second-order valence-electron chi connectivity index (χ2n) is 2.42. The molecule has 0 fully saturated rings. The summed E-state index contributed by atoms with van der Waals surface area (Å²) in [6.07, 6.45) is -2.72. The van der Waals surface area contributed by atoms with E-state index in [2.05, 4.69) is 0 Å².